The molecule has 0 saturated heterocycles. The summed E-state index contributed by atoms with van der Waals surface area (Å²) in [6, 6.07) is 32.3. The largest absolute Gasteiger partial charge is 0.374 e. The van der Waals surface area contributed by atoms with Gasteiger partial charge in [-0.15, -0.1) is 0 Å². The average Bonchev–Trinajstić information content (AvgIpc) is 2.76. The number of benzene rings is 3. The van der Waals surface area contributed by atoms with Crippen LogP contribution in [0, 0.1) is 0 Å². The van der Waals surface area contributed by atoms with Gasteiger partial charge in [0.25, 0.3) is 0 Å². The minimum Gasteiger partial charge on any atom is -0.374 e. The standard InChI is InChI=1S/C26H31O2PSi/c1-30(2,3)20-19-28-21-23(27)22-29(24-13-7-4-8-14-24,25-15-9-5-10-16-25)26-17-11-6-12-18-26/h4-18,22H,19-21H2,1-3H3. The lowest BCUT2D eigenvalue weighted by Gasteiger charge is -2.28. The summed E-state index contributed by atoms with van der Waals surface area (Å²) in [6.07, 6.45) is 0. The third kappa shape index (κ3) is 5.70. The molecule has 0 saturated carbocycles. The predicted molar refractivity (Wildman–Crippen MR) is 135 cm³/mol. The van der Waals surface area contributed by atoms with E-state index in [9.17, 15) is 4.79 Å². The molecule has 4 heteroatoms. The second-order valence-corrected chi connectivity index (χ2v) is 17.6. The van der Waals surface area contributed by atoms with Crippen molar-refractivity contribution in [3.05, 3.63) is 91.0 Å². The Morgan fingerprint density at radius 3 is 1.53 bits per heavy atom. The van der Waals surface area contributed by atoms with Crippen molar-refractivity contribution in [2.45, 2.75) is 25.7 Å². The molecule has 0 aliphatic carbocycles. The average molecular weight is 435 g/mol. The van der Waals surface area contributed by atoms with E-state index >= 15 is 0 Å². The van der Waals surface area contributed by atoms with Crippen molar-refractivity contribution < 1.29 is 9.53 Å². The van der Waals surface area contributed by atoms with E-state index < -0.39 is 15.0 Å². The first-order valence-corrected chi connectivity index (χ1v) is 16.0. The van der Waals surface area contributed by atoms with Gasteiger partial charge in [0, 0.05) is 14.7 Å². The molecule has 0 aromatic heterocycles. The molecule has 156 valence electrons. The van der Waals surface area contributed by atoms with E-state index in [1.54, 1.807) is 0 Å². The molecular weight excluding hydrogens is 403 g/mol. The molecule has 0 bridgehead atoms. The van der Waals surface area contributed by atoms with E-state index in [-0.39, 0.29) is 12.4 Å². The van der Waals surface area contributed by atoms with Crippen LogP contribution in [0.15, 0.2) is 91.0 Å². The number of ketones is 1. The van der Waals surface area contributed by atoms with E-state index in [4.69, 9.17) is 4.74 Å². The molecule has 0 aliphatic rings. The highest BCUT2D eigenvalue weighted by Gasteiger charge is 2.26. The second kappa shape index (κ2) is 10.2. The maximum Gasteiger partial charge on any atom is 0.182 e. The second-order valence-electron chi connectivity index (χ2n) is 8.69. The topological polar surface area (TPSA) is 26.3 Å². The molecule has 0 atom stereocenters. The van der Waals surface area contributed by atoms with Gasteiger partial charge in [-0.2, -0.15) is 0 Å². The molecule has 0 spiro atoms. The zero-order chi connectivity index (χ0) is 21.5. The SMILES string of the molecule is C[Si](C)(C)CCOCC(=O)C=P(c1ccccc1)(c1ccccc1)c1ccccc1. The summed E-state index contributed by atoms with van der Waals surface area (Å²) in [5.74, 6) is 2.01. The summed E-state index contributed by atoms with van der Waals surface area (Å²) in [4.78, 5) is 13.2. The quantitative estimate of drug-likeness (QED) is 0.277. The molecule has 2 nitrogen and oxygen atoms in total. The lowest BCUT2D eigenvalue weighted by atomic mass is 10.4. The van der Waals surface area contributed by atoms with Gasteiger partial charge in [0.05, 0.1) is 0 Å². The monoisotopic (exact) mass is 434 g/mol. The Balaban J connectivity index is 2.07. The molecule has 0 radical (unpaired) electrons. The first-order chi connectivity index (χ1) is 14.4. The Labute approximate surface area is 181 Å². The number of hydrogen-bond acceptors (Lipinski definition) is 2. The molecule has 0 fully saturated rings. The fourth-order valence-electron chi connectivity index (χ4n) is 3.46. The number of carbonyl (C=O) groups excluding carboxylic acids is 1. The van der Waals surface area contributed by atoms with Crippen LogP contribution in [0.5, 0.6) is 0 Å². The number of ether oxygens (including phenoxy) is 1. The number of carbonyl (C=O) groups is 1. The van der Waals surface area contributed by atoms with Gasteiger partial charge in [-0.3, -0.25) is 4.79 Å². The third-order valence-corrected chi connectivity index (χ3v) is 10.8. The molecule has 0 heterocycles. The maximum absolute atomic E-state index is 13.2. The fraction of sp³-hybridized carbons (Fsp3) is 0.231. The molecule has 0 aliphatic heterocycles. The van der Waals surface area contributed by atoms with Crippen LogP contribution in [-0.4, -0.2) is 32.9 Å². The normalized spacial score (nSPS) is 11.8. The summed E-state index contributed by atoms with van der Waals surface area (Å²) in [6.45, 7) is 5.52. The summed E-state index contributed by atoms with van der Waals surface area (Å²) >= 11 is 0. The van der Waals surface area contributed by atoms with E-state index in [1.165, 1.54) is 15.9 Å². The lowest BCUT2D eigenvalue weighted by Crippen LogP contribution is -2.29. The molecule has 3 aromatic rings. The maximum atomic E-state index is 13.2. The van der Waals surface area contributed by atoms with Crippen molar-refractivity contribution in [1.82, 2.24) is 0 Å². The zero-order valence-electron chi connectivity index (χ0n) is 18.1. The molecule has 0 unspecified atom stereocenters. The minimum absolute atomic E-state index is 0.0514. The van der Waals surface area contributed by atoms with Crippen molar-refractivity contribution in [1.29, 1.82) is 0 Å². The highest BCUT2D eigenvalue weighted by Crippen LogP contribution is 2.43. The van der Waals surface area contributed by atoms with Gasteiger partial charge in [-0.05, 0) is 34.6 Å². The molecule has 3 rings (SSSR count). The van der Waals surface area contributed by atoms with Gasteiger partial charge in [0.1, 0.15) is 6.61 Å². The highest BCUT2D eigenvalue weighted by atomic mass is 31.2. The third-order valence-electron chi connectivity index (χ3n) is 5.07. The van der Waals surface area contributed by atoms with Gasteiger partial charge in [-0.25, -0.2) is 0 Å². The van der Waals surface area contributed by atoms with Crippen LogP contribution < -0.4 is 15.9 Å². The summed E-state index contributed by atoms with van der Waals surface area (Å²) in [5.41, 5.74) is 0. The Kier molecular flexibility index (Phi) is 7.66. The predicted octanol–water partition coefficient (Wildman–Crippen LogP) is 4.71. The van der Waals surface area contributed by atoms with Crippen LogP contribution in [0.25, 0.3) is 0 Å². The molecule has 30 heavy (non-hydrogen) atoms. The van der Waals surface area contributed by atoms with Crippen LogP contribution in [0.3, 0.4) is 0 Å². The number of Topliss-reactive ketones (excluding diaryl/α,β-unsaturated/α-hetero) is 1. The van der Waals surface area contributed by atoms with Crippen LogP contribution in [0.4, 0.5) is 0 Å². The lowest BCUT2D eigenvalue weighted by molar-refractivity contribution is -0.116. The van der Waals surface area contributed by atoms with Crippen molar-refractivity contribution in [2.24, 2.45) is 0 Å². The van der Waals surface area contributed by atoms with Crippen molar-refractivity contribution >= 4 is 42.5 Å². The van der Waals surface area contributed by atoms with Crippen LogP contribution in [0.2, 0.25) is 25.7 Å². The van der Waals surface area contributed by atoms with Crippen LogP contribution in [0.1, 0.15) is 0 Å². The molecule has 3 aromatic carbocycles. The first kappa shape index (κ1) is 22.5. The van der Waals surface area contributed by atoms with Crippen LogP contribution in [-0.2, 0) is 9.53 Å². The highest BCUT2D eigenvalue weighted by molar-refractivity contribution is 7.95. The van der Waals surface area contributed by atoms with E-state index in [0.29, 0.717) is 6.61 Å². The summed E-state index contributed by atoms with van der Waals surface area (Å²) < 4.78 is 5.80. The Morgan fingerprint density at radius 2 is 1.17 bits per heavy atom. The first-order valence-electron chi connectivity index (χ1n) is 10.4. The van der Waals surface area contributed by atoms with E-state index in [2.05, 4.69) is 92.4 Å². The van der Waals surface area contributed by atoms with E-state index in [1.807, 2.05) is 24.0 Å². The van der Waals surface area contributed by atoms with Gasteiger partial charge in [0.15, 0.2) is 5.78 Å². The van der Waals surface area contributed by atoms with Crippen molar-refractivity contribution in [3.63, 3.8) is 0 Å². The molecular formula is C26H31O2PSi. The molecule has 0 amide bonds. The Bertz CT molecular complexity index is 890. The number of hydrogen-bond donors (Lipinski definition) is 0. The Hall–Kier alpha value is -2.19. The fourth-order valence-corrected chi connectivity index (χ4v) is 8.00. The summed E-state index contributed by atoms with van der Waals surface area (Å²) in [5, 5.41) is 3.54. The smallest absolute Gasteiger partial charge is 0.182 e. The van der Waals surface area contributed by atoms with Gasteiger partial charge < -0.3 is 4.74 Å². The van der Waals surface area contributed by atoms with Gasteiger partial charge in [-0.1, -0.05) is 111 Å². The minimum atomic E-state index is -2.24. The summed E-state index contributed by atoms with van der Waals surface area (Å²) in [7, 11) is -1.17. The van der Waals surface area contributed by atoms with Crippen molar-refractivity contribution in [3.8, 4) is 0 Å². The van der Waals surface area contributed by atoms with Gasteiger partial charge >= 0.3 is 0 Å². The van der Waals surface area contributed by atoms with Crippen LogP contribution >= 0.6 is 6.89 Å². The van der Waals surface area contributed by atoms with Crippen molar-refractivity contribution in [2.75, 3.05) is 13.2 Å². The van der Waals surface area contributed by atoms with E-state index in [0.717, 1.165) is 6.04 Å². The Morgan fingerprint density at radius 1 is 0.767 bits per heavy atom. The number of rotatable bonds is 9. The van der Waals surface area contributed by atoms with Gasteiger partial charge in [0.2, 0.25) is 0 Å². The molecule has 0 N–H and O–H groups in total. The zero-order valence-corrected chi connectivity index (χ0v) is 20.0.